The van der Waals surface area contributed by atoms with Gasteiger partial charge in [-0.1, -0.05) is 13.8 Å². The van der Waals surface area contributed by atoms with E-state index in [9.17, 15) is 14.4 Å². The molecule has 0 unspecified atom stereocenters. The average molecular weight is 903 g/mol. The number of nitrogens with two attached hydrogens (primary N) is 1. The third-order valence-electron chi connectivity index (χ3n) is 4.85. The Balaban J connectivity index is 0.000000309. The second kappa shape index (κ2) is 19.7. The van der Waals surface area contributed by atoms with Crippen LogP contribution in [0.3, 0.4) is 0 Å². The fraction of sp³-hybridized carbons (Fsp3) is 0.276. The summed E-state index contributed by atoms with van der Waals surface area (Å²) in [5, 5.41) is 9.07. The number of carbonyl (C=O) groups is 3. The molecule has 0 heterocycles. The third-order valence-corrected chi connectivity index (χ3v) is 7.67. The summed E-state index contributed by atoms with van der Waals surface area (Å²) in [6, 6.07) is 15.3. The number of rotatable bonds is 9. The molecule has 0 aliphatic rings. The zero-order chi connectivity index (χ0) is 30.9. The first kappa shape index (κ1) is 36.7. The van der Waals surface area contributed by atoms with Crippen LogP contribution in [0.1, 0.15) is 57.8 Å². The van der Waals surface area contributed by atoms with Crippen LogP contribution in [0.15, 0.2) is 54.6 Å². The first-order chi connectivity index (χ1) is 19.5. The lowest BCUT2D eigenvalue weighted by Gasteiger charge is -2.07. The standard InChI is InChI=1S/C11H13IO3.C10H12INO2.C8H7IO3/c1-3-6-15-8-4-5-10(12)9(7-8)11(13)14-2;1-2-5-14-7-3-4-9(11)8(6-7)10(12)13;1-12-8(11)6-4-5(10)2-3-7(6)9/h4-5,7H,3,6H2,1-2H3;3-4,6H,2,5H2,1H3,(H2,12,13);2-4,10H,1H3. The van der Waals surface area contributed by atoms with Crippen LogP contribution >= 0.6 is 67.8 Å². The van der Waals surface area contributed by atoms with Crippen LogP contribution in [0, 0.1) is 10.7 Å². The first-order valence-electron chi connectivity index (χ1n) is 12.3. The SMILES string of the molecule is CCCOc1ccc(I)c(C(=O)OC)c1.CCCOc1ccc(I)c(C(N)=O)c1.COC(=O)c1cc(O)ccc1I. The Labute approximate surface area is 280 Å². The number of primary amides is 1. The second-order valence-corrected chi connectivity index (χ2v) is 11.5. The van der Waals surface area contributed by atoms with Gasteiger partial charge >= 0.3 is 11.9 Å². The van der Waals surface area contributed by atoms with Gasteiger partial charge in [0.15, 0.2) is 0 Å². The number of phenolic OH excluding ortho intramolecular Hbond substituents is 1. The third kappa shape index (κ3) is 13.0. The molecule has 0 aliphatic carbocycles. The summed E-state index contributed by atoms with van der Waals surface area (Å²) >= 11 is 6.17. The average Bonchev–Trinajstić information content (AvgIpc) is 2.97. The lowest BCUT2D eigenvalue weighted by molar-refractivity contribution is 0.0590. The molecule has 0 radical (unpaired) electrons. The summed E-state index contributed by atoms with van der Waals surface area (Å²) in [6.07, 6.45) is 1.89. The predicted molar refractivity (Wildman–Crippen MR) is 182 cm³/mol. The van der Waals surface area contributed by atoms with Gasteiger partial charge in [-0.15, -0.1) is 0 Å². The van der Waals surface area contributed by atoms with Gasteiger partial charge in [-0.25, -0.2) is 9.59 Å². The van der Waals surface area contributed by atoms with Crippen molar-refractivity contribution in [1.29, 1.82) is 0 Å². The van der Waals surface area contributed by atoms with E-state index in [2.05, 4.69) is 54.7 Å². The van der Waals surface area contributed by atoms with Crippen LogP contribution in [0.4, 0.5) is 0 Å². The number of methoxy groups -OCH3 is 2. The van der Waals surface area contributed by atoms with Crippen molar-refractivity contribution in [2.24, 2.45) is 5.73 Å². The molecule has 0 saturated carbocycles. The van der Waals surface area contributed by atoms with Crippen molar-refractivity contribution in [3.63, 3.8) is 0 Å². The van der Waals surface area contributed by atoms with Crippen LogP contribution in [0.2, 0.25) is 0 Å². The zero-order valence-corrected chi connectivity index (χ0v) is 29.5. The van der Waals surface area contributed by atoms with Crippen LogP contribution in [-0.2, 0) is 9.47 Å². The zero-order valence-electron chi connectivity index (χ0n) is 23.0. The first-order valence-corrected chi connectivity index (χ1v) is 15.5. The topological polar surface area (TPSA) is 134 Å². The lowest BCUT2D eigenvalue weighted by atomic mass is 10.2. The number of hydrogen-bond donors (Lipinski definition) is 2. The maximum absolute atomic E-state index is 11.4. The van der Waals surface area contributed by atoms with Crippen molar-refractivity contribution < 1.29 is 38.4 Å². The van der Waals surface area contributed by atoms with Crippen molar-refractivity contribution >= 4 is 85.6 Å². The van der Waals surface area contributed by atoms with E-state index in [1.807, 2.05) is 60.7 Å². The fourth-order valence-corrected chi connectivity index (χ4v) is 4.58. The Morgan fingerprint density at radius 1 is 0.683 bits per heavy atom. The van der Waals surface area contributed by atoms with Crippen LogP contribution in [-0.4, -0.2) is 50.4 Å². The fourth-order valence-electron chi connectivity index (χ4n) is 2.86. The van der Waals surface area contributed by atoms with E-state index in [1.165, 1.54) is 26.4 Å². The number of esters is 2. The molecule has 0 aliphatic heterocycles. The van der Waals surface area contributed by atoms with Gasteiger partial charge in [-0.3, -0.25) is 4.79 Å². The molecular weight excluding hydrogens is 871 g/mol. The summed E-state index contributed by atoms with van der Waals surface area (Å²) in [5.74, 6) is 0.280. The minimum absolute atomic E-state index is 0.0656. The van der Waals surface area contributed by atoms with E-state index in [0.29, 0.717) is 41.4 Å². The molecule has 0 aromatic heterocycles. The van der Waals surface area contributed by atoms with Gasteiger partial charge in [-0.05, 0) is 135 Å². The molecule has 3 rings (SSSR count). The Bertz CT molecular complexity index is 1320. The number of halogens is 3. The second-order valence-electron chi connectivity index (χ2n) is 7.99. The smallest absolute Gasteiger partial charge is 0.339 e. The number of aromatic hydroxyl groups is 1. The summed E-state index contributed by atoms with van der Waals surface area (Å²) < 4.78 is 22.5. The normalized spacial score (nSPS) is 9.73. The molecule has 0 spiro atoms. The van der Waals surface area contributed by atoms with E-state index < -0.39 is 11.9 Å². The molecule has 0 bridgehead atoms. The highest BCUT2D eigenvalue weighted by molar-refractivity contribution is 14.1. The van der Waals surface area contributed by atoms with Gasteiger partial charge in [0.1, 0.15) is 17.2 Å². The van der Waals surface area contributed by atoms with Crippen molar-refractivity contribution in [3.8, 4) is 17.2 Å². The molecule has 9 nitrogen and oxygen atoms in total. The van der Waals surface area contributed by atoms with E-state index in [4.69, 9.17) is 20.3 Å². The molecule has 0 fully saturated rings. The minimum atomic E-state index is -0.435. The largest absolute Gasteiger partial charge is 0.508 e. The van der Waals surface area contributed by atoms with Crippen LogP contribution in [0.25, 0.3) is 0 Å². The van der Waals surface area contributed by atoms with Crippen molar-refractivity contribution in [3.05, 3.63) is 82.0 Å². The molecule has 0 saturated heterocycles. The maximum Gasteiger partial charge on any atom is 0.339 e. The summed E-state index contributed by atoms with van der Waals surface area (Å²) in [6.45, 7) is 5.37. The molecule has 3 aromatic carbocycles. The minimum Gasteiger partial charge on any atom is -0.508 e. The highest BCUT2D eigenvalue weighted by atomic mass is 127. The molecular formula is C29H32I3NO8. The van der Waals surface area contributed by atoms with Crippen LogP contribution in [0.5, 0.6) is 17.2 Å². The Morgan fingerprint density at radius 3 is 1.49 bits per heavy atom. The molecule has 222 valence electrons. The summed E-state index contributed by atoms with van der Waals surface area (Å²) in [5.41, 5.74) is 6.66. The predicted octanol–water partition coefficient (Wildman–Crippen LogP) is 6.83. The number of amides is 1. The molecule has 0 atom stereocenters. The molecule has 3 N–H and O–H groups in total. The highest BCUT2D eigenvalue weighted by Gasteiger charge is 2.12. The van der Waals surface area contributed by atoms with Gasteiger partial charge < -0.3 is 29.8 Å². The van der Waals surface area contributed by atoms with E-state index in [1.54, 1.807) is 18.2 Å². The summed E-state index contributed by atoms with van der Waals surface area (Å²) in [4.78, 5) is 33.4. The number of hydrogen-bond acceptors (Lipinski definition) is 8. The number of phenols is 1. The number of benzene rings is 3. The van der Waals surface area contributed by atoms with E-state index >= 15 is 0 Å². The molecule has 3 aromatic rings. The van der Waals surface area contributed by atoms with Crippen molar-refractivity contribution in [2.75, 3.05) is 27.4 Å². The van der Waals surface area contributed by atoms with Gasteiger partial charge in [0.05, 0.1) is 44.1 Å². The van der Waals surface area contributed by atoms with Gasteiger partial charge in [0, 0.05) is 10.7 Å². The lowest BCUT2D eigenvalue weighted by Crippen LogP contribution is -2.13. The van der Waals surface area contributed by atoms with Gasteiger partial charge in [0.25, 0.3) is 0 Å². The van der Waals surface area contributed by atoms with Crippen molar-refractivity contribution in [1.82, 2.24) is 0 Å². The van der Waals surface area contributed by atoms with Gasteiger partial charge in [0.2, 0.25) is 5.91 Å². The Kier molecular flexibility index (Phi) is 17.6. The monoisotopic (exact) mass is 903 g/mol. The Hall–Kier alpha value is -2.34. The molecule has 12 heteroatoms. The molecule has 1 amide bonds. The summed E-state index contributed by atoms with van der Waals surface area (Å²) in [7, 11) is 2.68. The highest BCUT2D eigenvalue weighted by Crippen LogP contribution is 2.21. The Morgan fingerprint density at radius 2 is 1.07 bits per heavy atom. The number of ether oxygens (including phenoxy) is 4. The van der Waals surface area contributed by atoms with Gasteiger partial charge in [-0.2, -0.15) is 0 Å². The quantitative estimate of drug-likeness (QED) is 0.177. The van der Waals surface area contributed by atoms with E-state index in [0.717, 1.165) is 23.6 Å². The molecule has 41 heavy (non-hydrogen) atoms. The van der Waals surface area contributed by atoms with Crippen LogP contribution < -0.4 is 15.2 Å². The maximum atomic E-state index is 11.4. The van der Waals surface area contributed by atoms with E-state index in [-0.39, 0.29) is 11.7 Å². The number of carbonyl (C=O) groups excluding carboxylic acids is 3. The van der Waals surface area contributed by atoms with Crippen molar-refractivity contribution in [2.45, 2.75) is 26.7 Å².